The molecule has 0 saturated heterocycles. The maximum atomic E-state index is 13.7. The van der Waals surface area contributed by atoms with Crippen LogP contribution >= 0.6 is 39.1 Å². The van der Waals surface area contributed by atoms with Gasteiger partial charge in [0.2, 0.25) is 21.8 Å². The van der Waals surface area contributed by atoms with E-state index in [0.29, 0.717) is 11.4 Å². The van der Waals surface area contributed by atoms with Crippen LogP contribution in [0, 0.1) is 0 Å². The molecule has 1 N–H and O–H groups in total. The maximum Gasteiger partial charge on any atom is 0.242 e. The summed E-state index contributed by atoms with van der Waals surface area (Å²) in [6, 6.07) is 20.8. The molecule has 3 aromatic carbocycles. The minimum atomic E-state index is -3.71. The normalized spacial score (nSPS) is 12.0. The standard InChI is InChI=1S/C28H30BrCl2N3O4S/c1-32-28(36)26(17-20-7-4-3-5-8-20)33(19-21-10-12-22(29)13-11-21)27(35)9-6-16-34(39(2,37)38)25-18-23(30)14-15-24(25)31/h3-5,7-8,10-15,18,26H,6,9,16-17,19H2,1-2H3,(H,32,36). The van der Waals surface area contributed by atoms with Crippen molar-refractivity contribution in [3.05, 3.63) is 98.4 Å². The van der Waals surface area contributed by atoms with Gasteiger partial charge in [0, 0.05) is 42.5 Å². The Bertz CT molecular complexity index is 1390. The number of sulfonamides is 1. The van der Waals surface area contributed by atoms with Crippen molar-refractivity contribution in [1.29, 1.82) is 0 Å². The number of carbonyl (C=O) groups is 2. The van der Waals surface area contributed by atoms with Crippen LogP contribution in [-0.2, 0) is 32.6 Å². The van der Waals surface area contributed by atoms with Gasteiger partial charge in [0.15, 0.2) is 0 Å². The van der Waals surface area contributed by atoms with E-state index in [1.165, 1.54) is 12.1 Å². The van der Waals surface area contributed by atoms with Gasteiger partial charge in [-0.15, -0.1) is 0 Å². The smallest absolute Gasteiger partial charge is 0.242 e. The van der Waals surface area contributed by atoms with E-state index in [2.05, 4.69) is 21.2 Å². The Morgan fingerprint density at radius 1 is 0.974 bits per heavy atom. The van der Waals surface area contributed by atoms with Crippen molar-refractivity contribution < 1.29 is 18.0 Å². The molecular weight excluding hydrogens is 625 g/mol. The molecule has 2 amide bonds. The first-order valence-electron chi connectivity index (χ1n) is 12.2. The molecule has 11 heteroatoms. The number of halogens is 3. The molecule has 0 aliphatic heterocycles. The molecule has 0 heterocycles. The zero-order valence-corrected chi connectivity index (χ0v) is 25.5. The molecular formula is C28H30BrCl2N3O4S. The molecule has 0 aromatic heterocycles. The largest absolute Gasteiger partial charge is 0.357 e. The van der Waals surface area contributed by atoms with Gasteiger partial charge in [0.05, 0.1) is 17.0 Å². The SMILES string of the molecule is CNC(=O)C(Cc1ccccc1)N(Cc1ccc(Br)cc1)C(=O)CCCN(c1cc(Cl)ccc1Cl)S(C)(=O)=O. The molecule has 7 nitrogen and oxygen atoms in total. The van der Waals surface area contributed by atoms with E-state index < -0.39 is 16.1 Å². The number of amides is 2. The van der Waals surface area contributed by atoms with Crippen molar-refractivity contribution in [2.24, 2.45) is 0 Å². The van der Waals surface area contributed by atoms with Crippen LogP contribution in [0.15, 0.2) is 77.3 Å². The zero-order valence-electron chi connectivity index (χ0n) is 21.6. The Balaban J connectivity index is 1.86. The lowest BCUT2D eigenvalue weighted by atomic mass is 10.0. The van der Waals surface area contributed by atoms with Gasteiger partial charge >= 0.3 is 0 Å². The van der Waals surface area contributed by atoms with E-state index in [9.17, 15) is 18.0 Å². The lowest BCUT2D eigenvalue weighted by Gasteiger charge is -2.31. The quantitative estimate of drug-likeness (QED) is 0.272. The van der Waals surface area contributed by atoms with Crippen LogP contribution in [0.5, 0.6) is 0 Å². The molecule has 0 saturated carbocycles. The Hall–Kier alpha value is -2.59. The third kappa shape index (κ3) is 8.96. The van der Waals surface area contributed by atoms with Gasteiger partial charge in [-0.2, -0.15) is 0 Å². The summed E-state index contributed by atoms with van der Waals surface area (Å²) in [6.07, 6.45) is 1.63. The summed E-state index contributed by atoms with van der Waals surface area (Å²) >= 11 is 15.8. The highest BCUT2D eigenvalue weighted by Gasteiger charge is 2.30. The van der Waals surface area contributed by atoms with Crippen molar-refractivity contribution in [1.82, 2.24) is 10.2 Å². The third-order valence-electron chi connectivity index (χ3n) is 6.11. The number of likely N-dealkylation sites (N-methyl/N-ethyl adjacent to an activating group) is 1. The minimum absolute atomic E-state index is 0.0140. The number of hydrogen-bond acceptors (Lipinski definition) is 4. The van der Waals surface area contributed by atoms with Crippen LogP contribution < -0.4 is 9.62 Å². The van der Waals surface area contributed by atoms with Crippen LogP contribution in [0.3, 0.4) is 0 Å². The van der Waals surface area contributed by atoms with E-state index in [1.807, 2.05) is 54.6 Å². The van der Waals surface area contributed by atoms with E-state index >= 15 is 0 Å². The van der Waals surface area contributed by atoms with E-state index in [-0.39, 0.29) is 48.5 Å². The fourth-order valence-corrected chi connectivity index (χ4v) is 5.84. The molecule has 208 valence electrons. The van der Waals surface area contributed by atoms with Gasteiger partial charge in [0.25, 0.3) is 0 Å². The molecule has 0 aliphatic carbocycles. The Labute approximate surface area is 248 Å². The predicted molar refractivity (Wildman–Crippen MR) is 161 cm³/mol. The van der Waals surface area contributed by atoms with Crippen molar-refractivity contribution in [2.45, 2.75) is 31.8 Å². The topological polar surface area (TPSA) is 86.8 Å². The molecule has 3 rings (SSSR count). The van der Waals surface area contributed by atoms with Gasteiger partial charge in [-0.25, -0.2) is 8.42 Å². The molecule has 0 fully saturated rings. The highest BCUT2D eigenvalue weighted by Crippen LogP contribution is 2.31. The van der Waals surface area contributed by atoms with Crippen LogP contribution in [0.1, 0.15) is 24.0 Å². The molecule has 0 aliphatic rings. The Morgan fingerprint density at radius 3 is 2.26 bits per heavy atom. The van der Waals surface area contributed by atoms with Crippen molar-refractivity contribution in [3.63, 3.8) is 0 Å². The Kier molecular flexibility index (Phi) is 11.2. The highest BCUT2D eigenvalue weighted by atomic mass is 79.9. The van der Waals surface area contributed by atoms with Crippen molar-refractivity contribution >= 4 is 66.7 Å². The second-order valence-corrected chi connectivity index (χ2v) is 12.7. The van der Waals surface area contributed by atoms with Crippen LogP contribution in [0.2, 0.25) is 10.0 Å². The van der Waals surface area contributed by atoms with E-state index in [1.54, 1.807) is 18.0 Å². The maximum absolute atomic E-state index is 13.7. The number of nitrogens with zero attached hydrogens (tertiary/aromatic N) is 2. The highest BCUT2D eigenvalue weighted by molar-refractivity contribution is 9.10. The van der Waals surface area contributed by atoms with Gasteiger partial charge in [-0.3, -0.25) is 13.9 Å². The monoisotopic (exact) mass is 653 g/mol. The first-order valence-corrected chi connectivity index (χ1v) is 15.6. The predicted octanol–water partition coefficient (Wildman–Crippen LogP) is 5.69. The van der Waals surface area contributed by atoms with E-state index in [4.69, 9.17) is 23.2 Å². The fraction of sp³-hybridized carbons (Fsp3) is 0.286. The molecule has 1 atom stereocenters. The molecule has 0 radical (unpaired) electrons. The van der Waals surface area contributed by atoms with Gasteiger partial charge < -0.3 is 10.2 Å². The third-order valence-corrected chi connectivity index (χ3v) is 8.38. The van der Waals surface area contributed by atoms with Crippen LogP contribution in [0.25, 0.3) is 0 Å². The summed E-state index contributed by atoms with van der Waals surface area (Å²) in [5, 5.41) is 3.26. The second-order valence-electron chi connectivity index (χ2n) is 9.00. The number of benzene rings is 3. The van der Waals surface area contributed by atoms with Crippen LogP contribution in [0.4, 0.5) is 5.69 Å². The summed E-state index contributed by atoms with van der Waals surface area (Å²) in [5.41, 5.74) is 2.02. The van der Waals surface area contributed by atoms with Gasteiger partial charge in [-0.05, 0) is 47.9 Å². The lowest BCUT2D eigenvalue weighted by Crippen LogP contribution is -2.49. The average molecular weight is 655 g/mol. The summed E-state index contributed by atoms with van der Waals surface area (Å²) in [5.74, 6) is -0.555. The van der Waals surface area contributed by atoms with Crippen molar-refractivity contribution in [3.8, 4) is 0 Å². The summed E-state index contributed by atoms with van der Waals surface area (Å²) in [4.78, 5) is 28.3. The lowest BCUT2D eigenvalue weighted by molar-refractivity contribution is -0.141. The molecule has 3 aromatic rings. The molecule has 0 bridgehead atoms. The number of nitrogens with one attached hydrogen (secondary N) is 1. The van der Waals surface area contributed by atoms with Gasteiger partial charge in [0.1, 0.15) is 6.04 Å². The van der Waals surface area contributed by atoms with E-state index in [0.717, 1.165) is 26.2 Å². The molecule has 1 unspecified atom stereocenters. The number of hydrogen-bond donors (Lipinski definition) is 1. The first kappa shape index (κ1) is 30.9. The number of carbonyl (C=O) groups excluding carboxylic acids is 2. The fourth-order valence-electron chi connectivity index (χ4n) is 4.17. The number of rotatable bonds is 12. The summed E-state index contributed by atoms with van der Waals surface area (Å²) < 4.78 is 27.2. The second kappa shape index (κ2) is 14.2. The average Bonchev–Trinajstić information content (AvgIpc) is 2.90. The minimum Gasteiger partial charge on any atom is -0.357 e. The summed E-state index contributed by atoms with van der Waals surface area (Å²) in [6.45, 7) is 0.229. The molecule has 39 heavy (non-hydrogen) atoms. The van der Waals surface area contributed by atoms with Gasteiger partial charge in [-0.1, -0.05) is 81.6 Å². The number of anilines is 1. The Morgan fingerprint density at radius 2 is 1.64 bits per heavy atom. The summed E-state index contributed by atoms with van der Waals surface area (Å²) in [7, 11) is -2.16. The molecule has 0 spiro atoms. The van der Waals surface area contributed by atoms with Crippen molar-refractivity contribution in [2.75, 3.05) is 24.2 Å². The zero-order chi connectivity index (χ0) is 28.6. The van der Waals surface area contributed by atoms with Crippen LogP contribution in [-0.4, -0.2) is 51.0 Å². The first-order chi connectivity index (χ1) is 18.5.